The first kappa shape index (κ1) is 16.7. The molecule has 0 nitrogen and oxygen atoms in total. The van der Waals surface area contributed by atoms with Gasteiger partial charge in [-0.1, -0.05) is 0 Å². The van der Waals surface area contributed by atoms with Crippen LogP contribution in [0.1, 0.15) is 29.5 Å². The maximum atomic E-state index is 2.58. The third-order valence-corrected chi connectivity index (χ3v) is 25.0. The van der Waals surface area contributed by atoms with Crippen LogP contribution in [-0.4, -0.2) is 5.43 Å². The van der Waals surface area contributed by atoms with Gasteiger partial charge in [-0.25, -0.2) is 0 Å². The van der Waals surface area contributed by atoms with Gasteiger partial charge >= 0.3 is 164 Å². The summed E-state index contributed by atoms with van der Waals surface area (Å²) in [6, 6.07) is 27.5. The first-order valence-corrected chi connectivity index (χ1v) is 18.4. The van der Waals surface area contributed by atoms with Gasteiger partial charge in [-0.3, -0.25) is 0 Å². The Hall–Kier alpha value is -1.50. The zero-order valence-electron chi connectivity index (χ0n) is 15.2. The topological polar surface area (TPSA) is 0 Å². The molecule has 0 bridgehead atoms. The Morgan fingerprint density at radius 1 is 0.692 bits per heavy atom. The SMILES string of the molecule is C[Si](C)=[Zr]([CH]1C=Cc2ccccc21)[CH]1c2ccccc2-c2ccccc21. The standard InChI is InChI=1S/C13H9.C9H7.C2H6Si.Zr/c1-3-7-12-10(5-1)9-11-6-2-4-8-13(11)12;1-2-5-9-7-3-6-8(9)4-1;1-3-2;/h1-9H;1-7H;1-2H3;. The third-order valence-electron chi connectivity index (χ3n) is 5.86. The predicted molar refractivity (Wildman–Crippen MR) is 109 cm³/mol. The number of benzene rings is 3. The maximum absolute atomic E-state index is 2.58. The Morgan fingerprint density at radius 3 is 1.85 bits per heavy atom. The average molecular weight is 430 g/mol. The van der Waals surface area contributed by atoms with E-state index in [-0.39, 0.29) is 5.43 Å². The second-order valence-corrected chi connectivity index (χ2v) is 25.5. The summed E-state index contributed by atoms with van der Waals surface area (Å²) in [5.74, 6) is 0. The molecule has 2 aliphatic carbocycles. The Balaban J connectivity index is 1.74. The van der Waals surface area contributed by atoms with E-state index in [1.54, 1.807) is 16.7 Å². The van der Waals surface area contributed by atoms with Crippen molar-refractivity contribution in [3.63, 3.8) is 0 Å². The molecule has 1 unspecified atom stereocenters. The molecule has 0 aromatic heterocycles. The van der Waals surface area contributed by atoms with Crippen molar-refractivity contribution in [3.05, 3.63) is 101 Å². The predicted octanol–water partition coefficient (Wildman–Crippen LogP) is 6.39. The van der Waals surface area contributed by atoms with Gasteiger partial charge in [-0.15, -0.1) is 0 Å². The normalized spacial score (nSPS) is 16.9. The van der Waals surface area contributed by atoms with E-state index in [1.165, 1.54) is 16.7 Å². The summed E-state index contributed by atoms with van der Waals surface area (Å²) in [6.45, 7) is 5.16. The zero-order chi connectivity index (χ0) is 17.7. The molecule has 126 valence electrons. The van der Waals surface area contributed by atoms with Gasteiger partial charge < -0.3 is 0 Å². The molecule has 0 spiro atoms. The number of hydrogen-bond donors (Lipinski definition) is 0. The molecular weight excluding hydrogens is 408 g/mol. The quantitative estimate of drug-likeness (QED) is 0.414. The van der Waals surface area contributed by atoms with Gasteiger partial charge in [0.15, 0.2) is 0 Å². The van der Waals surface area contributed by atoms with Crippen LogP contribution in [0.15, 0.2) is 78.9 Å². The molecule has 3 aromatic carbocycles. The van der Waals surface area contributed by atoms with Crippen LogP contribution in [0.25, 0.3) is 17.2 Å². The Bertz CT molecular complexity index is 1030. The molecule has 5 rings (SSSR count). The van der Waals surface area contributed by atoms with Crippen molar-refractivity contribution in [2.45, 2.75) is 20.3 Å². The average Bonchev–Trinajstić information content (AvgIpc) is 3.23. The summed E-state index contributed by atoms with van der Waals surface area (Å²) in [5.41, 5.74) is 8.96. The summed E-state index contributed by atoms with van der Waals surface area (Å²) >= 11 is -1.84. The summed E-state index contributed by atoms with van der Waals surface area (Å²) < 4.78 is 1.43. The number of rotatable bonds is 2. The molecule has 0 N–H and O–H groups in total. The van der Waals surface area contributed by atoms with Crippen LogP contribution in [0.4, 0.5) is 0 Å². The molecular formula is C24H22SiZr. The van der Waals surface area contributed by atoms with E-state index in [9.17, 15) is 0 Å². The molecule has 0 saturated carbocycles. The van der Waals surface area contributed by atoms with E-state index in [4.69, 9.17) is 0 Å². The van der Waals surface area contributed by atoms with E-state index in [1.807, 2.05) is 0 Å². The second kappa shape index (κ2) is 6.59. The van der Waals surface area contributed by atoms with Crippen molar-refractivity contribution < 1.29 is 20.4 Å². The minimum absolute atomic E-state index is 0.318. The molecule has 26 heavy (non-hydrogen) atoms. The van der Waals surface area contributed by atoms with Crippen LogP contribution >= 0.6 is 0 Å². The van der Waals surface area contributed by atoms with Crippen molar-refractivity contribution in [2.75, 3.05) is 0 Å². The number of allylic oxidation sites excluding steroid dienone is 1. The molecule has 0 saturated heterocycles. The second-order valence-electron chi connectivity index (χ2n) is 7.53. The molecule has 3 aromatic rings. The van der Waals surface area contributed by atoms with Crippen molar-refractivity contribution in [2.24, 2.45) is 0 Å². The van der Waals surface area contributed by atoms with Gasteiger partial charge in [0.1, 0.15) is 0 Å². The van der Waals surface area contributed by atoms with Crippen LogP contribution in [0.2, 0.25) is 13.1 Å². The van der Waals surface area contributed by atoms with Crippen molar-refractivity contribution in [3.8, 4) is 11.1 Å². The molecule has 0 heterocycles. The van der Waals surface area contributed by atoms with Gasteiger partial charge in [0.05, 0.1) is 0 Å². The van der Waals surface area contributed by atoms with E-state index in [0.29, 0.717) is 3.63 Å². The Morgan fingerprint density at radius 2 is 1.23 bits per heavy atom. The fourth-order valence-electron chi connectivity index (χ4n) is 4.79. The first-order chi connectivity index (χ1) is 12.8. The van der Waals surface area contributed by atoms with Gasteiger partial charge in [0, 0.05) is 0 Å². The van der Waals surface area contributed by atoms with Crippen LogP contribution in [0.3, 0.4) is 0 Å². The molecule has 2 heteroatoms. The van der Waals surface area contributed by atoms with Crippen LogP contribution in [0, 0.1) is 0 Å². The van der Waals surface area contributed by atoms with Crippen molar-refractivity contribution in [1.82, 2.24) is 0 Å². The molecule has 0 aliphatic heterocycles. The molecule has 0 radical (unpaired) electrons. The Labute approximate surface area is 163 Å². The van der Waals surface area contributed by atoms with Gasteiger partial charge in [0.25, 0.3) is 0 Å². The number of hydrogen-bond acceptors (Lipinski definition) is 0. The summed E-state index contributed by atoms with van der Waals surface area (Å²) in [7, 11) is 0. The van der Waals surface area contributed by atoms with Gasteiger partial charge in [0.2, 0.25) is 0 Å². The van der Waals surface area contributed by atoms with Crippen LogP contribution in [-0.2, 0) is 20.4 Å². The van der Waals surface area contributed by atoms with E-state index >= 15 is 0 Å². The van der Waals surface area contributed by atoms with Crippen molar-refractivity contribution >= 4 is 11.5 Å². The van der Waals surface area contributed by atoms with Gasteiger partial charge in [-0.05, 0) is 0 Å². The van der Waals surface area contributed by atoms with Gasteiger partial charge in [-0.2, -0.15) is 0 Å². The van der Waals surface area contributed by atoms with E-state index < -0.39 is 20.4 Å². The van der Waals surface area contributed by atoms with Crippen molar-refractivity contribution in [1.29, 1.82) is 0 Å². The minimum atomic E-state index is -1.84. The first-order valence-electron chi connectivity index (χ1n) is 9.38. The molecule has 0 fully saturated rings. The summed E-state index contributed by atoms with van der Waals surface area (Å²) in [4.78, 5) is 0. The monoisotopic (exact) mass is 428 g/mol. The third kappa shape index (κ3) is 2.50. The van der Waals surface area contributed by atoms with E-state index in [0.717, 1.165) is 3.63 Å². The molecule has 2 aliphatic rings. The summed E-state index contributed by atoms with van der Waals surface area (Å²) in [6.07, 6.45) is 4.94. The van der Waals surface area contributed by atoms with Crippen LogP contribution < -0.4 is 0 Å². The number of fused-ring (bicyclic) bond motifs is 4. The zero-order valence-corrected chi connectivity index (χ0v) is 18.7. The summed E-state index contributed by atoms with van der Waals surface area (Å²) in [5, 5.41) is 0. The fraction of sp³-hybridized carbons (Fsp3) is 0.167. The fourth-order valence-corrected chi connectivity index (χ4v) is 24.1. The van der Waals surface area contributed by atoms with E-state index in [2.05, 4.69) is 98.0 Å². The molecule has 0 amide bonds. The molecule has 1 atom stereocenters. The Kier molecular flexibility index (Phi) is 4.22. The van der Waals surface area contributed by atoms with Crippen LogP contribution in [0.5, 0.6) is 0 Å².